The van der Waals surface area contributed by atoms with Crippen molar-refractivity contribution in [1.82, 2.24) is 5.32 Å². The topological polar surface area (TPSA) is 70.2 Å². The first-order valence-electron chi connectivity index (χ1n) is 7.31. The summed E-state index contributed by atoms with van der Waals surface area (Å²) >= 11 is 0. The highest BCUT2D eigenvalue weighted by Gasteiger charge is 2.34. The number of benzene rings is 1. The lowest BCUT2D eigenvalue weighted by Gasteiger charge is -2.32. The second-order valence-corrected chi connectivity index (χ2v) is 6.01. The third-order valence-electron chi connectivity index (χ3n) is 3.95. The molecule has 1 unspecified atom stereocenters. The molecule has 1 aromatic carbocycles. The number of amides is 2. The summed E-state index contributed by atoms with van der Waals surface area (Å²) in [6, 6.07) is 5.52. The molecular weight excluding hydrogens is 266 g/mol. The Bertz CT molecular complexity index is 548. The molecule has 5 heteroatoms. The number of hydrogen-bond donors (Lipinski definition) is 3. The average molecular weight is 289 g/mol. The van der Waals surface area contributed by atoms with Crippen molar-refractivity contribution in [3.05, 3.63) is 23.8 Å². The van der Waals surface area contributed by atoms with E-state index in [2.05, 4.69) is 16.0 Å². The van der Waals surface area contributed by atoms with E-state index in [1.165, 1.54) is 6.92 Å². The van der Waals surface area contributed by atoms with Gasteiger partial charge < -0.3 is 16.0 Å². The largest absolute Gasteiger partial charge is 0.326 e. The summed E-state index contributed by atoms with van der Waals surface area (Å²) in [5.41, 5.74) is 2.03. The fraction of sp³-hybridized carbons (Fsp3) is 0.500. The Morgan fingerprint density at radius 1 is 1.29 bits per heavy atom. The summed E-state index contributed by atoms with van der Waals surface area (Å²) in [5, 5.41) is 9.01. The smallest absolute Gasteiger partial charge is 0.231 e. The molecule has 2 rings (SSSR count). The monoisotopic (exact) mass is 289 g/mol. The number of carbonyl (C=O) groups is 2. The molecule has 114 valence electrons. The first-order chi connectivity index (χ1) is 9.90. The fourth-order valence-electron chi connectivity index (χ4n) is 2.56. The molecule has 1 aliphatic heterocycles. The third-order valence-corrected chi connectivity index (χ3v) is 3.95. The maximum absolute atomic E-state index is 12.5. The molecule has 0 aromatic heterocycles. The van der Waals surface area contributed by atoms with Crippen LogP contribution in [0.4, 0.5) is 11.4 Å². The number of piperidine rings is 1. The van der Waals surface area contributed by atoms with E-state index < -0.39 is 0 Å². The number of rotatable bonds is 3. The maximum Gasteiger partial charge on any atom is 0.231 e. The molecule has 1 saturated heterocycles. The van der Waals surface area contributed by atoms with Crippen LogP contribution in [0.5, 0.6) is 0 Å². The molecule has 2 amide bonds. The minimum Gasteiger partial charge on any atom is -0.326 e. The zero-order chi connectivity index (χ0) is 15.5. The average Bonchev–Trinajstić information content (AvgIpc) is 2.42. The van der Waals surface area contributed by atoms with Gasteiger partial charge in [0.15, 0.2) is 0 Å². The second kappa shape index (κ2) is 6.26. The highest BCUT2D eigenvalue weighted by molar-refractivity contribution is 5.97. The van der Waals surface area contributed by atoms with Crippen LogP contribution in [0.25, 0.3) is 0 Å². The van der Waals surface area contributed by atoms with Crippen molar-refractivity contribution in [2.24, 2.45) is 5.41 Å². The van der Waals surface area contributed by atoms with Crippen molar-refractivity contribution in [3.8, 4) is 0 Å². The molecule has 1 heterocycles. The fourth-order valence-corrected chi connectivity index (χ4v) is 2.56. The van der Waals surface area contributed by atoms with Crippen molar-refractivity contribution in [1.29, 1.82) is 0 Å². The standard InChI is InChI=1S/C16H23N3O2/c1-11-5-6-13(18-12(2)20)9-14(11)19-15(21)16(3)7-4-8-17-10-16/h5-6,9,17H,4,7-8,10H2,1-3H3,(H,18,20)(H,19,21). The molecule has 1 fully saturated rings. The first kappa shape index (κ1) is 15.5. The lowest BCUT2D eigenvalue weighted by Crippen LogP contribution is -2.46. The van der Waals surface area contributed by atoms with E-state index in [4.69, 9.17) is 0 Å². The van der Waals surface area contributed by atoms with Gasteiger partial charge in [-0.1, -0.05) is 6.07 Å². The van der Waals surface area contributed by atoms with E-state index in [1.807, 2.05) is 26.0 Å². The van der Waals surface area contributed by atoms with Crippen LogP contribution in [0.2, 0.25) is 0 Å². The van der Waals surface area contributed by atoms with Gasteiger partial charge in [-0.05, 0) is 50.9 Å². The molecule has 0 aliphatic carbocycles. The lowest BCUT2D eigenvalue weighted by molar-refractivity contribution is -0.125. The van der Waals surface area contributed by atoms with Crippen LogP contribution in [0.1, 0.15) is 32.3 Å². The van der Waals surface area contributed by atoms with Crippen LogP contribution >= 0.6 is 0 Å². The Morgan fingerprint density at radius 3 is 2.67 bits per heavy atom. The highest BCUT2D eigenvalue weighted by atomic mass is 16.2. The van der Waals surface area contributed by atoms with Gasteiger partial charge in [0.2, 0.25) is 11.8 Å². The van der Waals surface area contributed by atoms with Crippen molar-refractivity contribution >= 4 is 23.2 Å². The quantitative estimate of drug-likeness (QED) is 0.799. The zero-order valence-corrected chi connectivity index (χ0v) is 12.9. The number of anilines is 2. The van der Waals surface area contributed by atoms with E-state index in [0.717, 1.165) is 30.6 Å². The van der Waals surface area contributed by atoms with Crippen molar-refractivity contribution < 1.29 is 9.59 Å². The molecule has 1 aromatic rings. The van der Waals surface area contributed by atoms with E-state index in [1.54, 1.807) is 6.07 Å². The van der Waals surface area contributed by atoms with Crippen LogP contribution in [-0.4, -0.2) is 24.9 Å². The molecule has 1 atom stereocenters. The van der Waals surface area contributed by atoms with E-state index in [9.17, 15) is 9.59 Å². The second-order valence-electron chi connectivity index (χ2n) is 6.01. The molecule has 0 radical (unpaired) electrons. The normalized spacial score (nSPS) is 21.7. The van der Waals surface area contributed by atoms with Crippen LogP contribution in [0, 0.1) is 12.3 Å². The number of hydrogen-bond acceptors (Lipinski definition) is 3. The molecule has 1 aliphatic rings. The van der Waals surface area contributed by atoms with Crippen LogP contribution in [0.3, 0.4) is 0 Å². The minimum absolute atomic E-state index is 0.0257. The Labute approximate surface area is 125 Å². The molecule has 21 heavy (non-hydrogen) atoms. The van der Waals surface area contributed by atoms with Gasteiger partial charge in [0, 0.05) is 24.8 Å². The molecule has 3 N–H and O–H groups in total. The number of nitrogens with one attached hydrogen (secondary N) is 3. The Kier molecular flexibility index (Phi) is 4.63. The Morgan fingerprint density at radius 2 is 2.05 bits per heavy atom. The van der Waals surface area contributed by atoms with Gasteiger partial charge >= 0.3 is 0 Å². The number of carbonyl (C=O) groups excluding carboxylic acids is 2. The predicted molar refractivity (Wildman–Crippen MR) is 84.3 cm³/mol. The van der Waals surface area contributed by atoms with E-state index in [-0.39, 0.29) is 17.2 Å². The van der Waals surface area contributed by atoms with Gasteiger partial charge in [-0.25, -0.2) is 0 Å². The van der Waals surface area contributed by atoms with Gasteiger partial charge in [-0.2, -0.15) is 0 Å². The maximum atomic E-state index is 12.5. The van der Waals surface area contributed by atoms with Gasteiger partial charge in [0.25, 0.3) is 0 Å². The van der Waals surface area contributed by atoms with E-state index >= 15 is 0 Å². The third kappa shape index (κ3) is 3.82. The van der Waals surface area contributed by atoms with Crippen LogP contribution < -0.4 is 16.0 Å². The van der Waals surface area contributed by atoms with Crippen molar-refractivity contribution in [2.45, 2.75) is 33.6 Å². The SMILES string of the molecule is CC(=O)Nc1ccc(C)c(NC(=O)C2(C)CCCNC2)c1. The van der Waals surface area contributed by atoms with Crippen molar-refractivity contribution in [3.63, 3.8) is 0 Å². The van der Waals surface area contributed by atoms with Gasteiger partial charge in [0.1, 0.15) is 0 Å². The lowest BCUT2D eigenvalue weighted by atomic mass is 9.82. The van der Waals surface area contributed by atoms with Crippen LogP contribution in [-0.2, 0) is 9.59 Å². The molecule has 0 saturated carbocycles. The summed E-state index contributed by atoms with van der Waals surface area (Å²) in [6.07, 6.45) is 1.89. The number of aryl methyl sites for hydroxylation is 1. The van der Waals surface area contributed by atoms with Crippen molar-refractivity contribution in [2.75, 3.05) is 23.7 Å². The molecular formula is C16H23N3O2. The zero-order valence-electron chi connectivity index (χ0n) is 12.9. The van der Waals surface area contributed by atoms with E-state index in [0.29, 0.717) is 12.2 Å². The summed E-state index contributed by atoms with van der Waals surface area (Å²) in [7, 11) is 0. The predicted octanol–water partition coefficient (Wildman–Crippen LogP) is 2.28. The summed E-state index contributed by atoms with van der Waals surface area (Å²) in [4.78, 5) is 23.7. The highest BCUT2D eigenvalue weighted by Crippen LogP contribution is 2.29. The van der Waals surface area contributed by atoms with Gasteiger partial charge in [-0.3, -0.25) is 9.59 Å². The first-order valence-corrected chi connectivity index (χ1v) is 7.31. The summed E-state index contributed by atoms with van der Waals surface area (Å²) in [5.74, 6) is -0.0997. The van der Waals surface area contributed by atoms with Crippen LogP contribution in [0.15, 0.2) is 18.2 Å². The molecule has 0 spiro atoms. The summed E-state index contributed by atoms with van der Waals surface area (Å²) in [6.45, 7) is 7.06. The minimum atomic E-state index is -0.380. The van der Waals surface area contributed by atoms with Gasteiger partial charge in [0.05, 0.1) is 5.41 Å². The Hall–Kier alpha value is -1.88. The summed E-state index contributed by atoms with van der Waals surface area (Å²) < 4.78 is 0. The molecule has 5 nitrogen and oxygen atoms in total. The van der Waals surface area contributed by atoms with Gasteiger partial charge in [-0.15, -0.1) is 0 Å². The Balaban J connectivity index is 2.14. The molecule has 0 bridgehead atoms.